The van der Waals surface area contributed by atoms with Crippen molar-refractivity contribution in [1.82, 2.24) is 5.16 Å². The van der Waals surface area contributed by atoms with Crippen LogP contribution in [0.15, 0.2) is 28.9 Å². The molecule has 1 heterocycles. The molecule has 0 saturated heterocycles. The fraction of sp³-hybridized carbons (Fsp3) is 0.100. The number of nitrogens with zero attached hydrogens (tertiary/aromatic N) is 2. The largest absolute Gasteiger partial charge is 0.415 e. The van der Waals surface area contributed by atoms with E-state index >= 15 is 0 Å². The predicted octanol–water partition coefficient (Wildman–Crippen LogP) is 1.22. The molecule has 6 heteroatoms. The third-order valence-electron chi connectivity index (χ3n) is 2.03. The molecule has 0 radical (unpaired) electrons. The molecule has 0 saturated carbocycles. The Bertz CT molecular complexity index is 521. The van der Waals surface area contributed by atoms with E-state index in [1.54, 1.807) is 24.3 Å². The monoisotopic (exact) mass is 220 g/mol. The highest BCUT2D eigenvalue weighted by Gasteiger charge is 2.17. The second-order valence-corrected chi connectivity index (χ2v) is 3.08. The van der Waals surface area contributed by atoms with Gasteiger partial charge in [0.15, 0.2) is 6.29 Å². The van der Waals surface area contributed by atoms with E-state index in [9.17, 15) is 10.0 Å². The summed E-state index contributed by atoms with van der Waals surface area (Å²) in [7, 11) is 0. The molecule has 0 fully saturated rings. The first-order valence-corrected chi connectivity index (χ1v) is 4.50. The summed E-state index contributed by atoms with van der Waals surface area (Å²) in [5.41, 5.74) is 0.572. The summed E-state index contributed by atoms with van der Waals surface area (Å²) >= 11 is 0. The lowest BCUT2D eigenvalue weighted by molar-refractivity contribution is -0.806. The van der Waals surface area contributed by atoms with E-state index in [1.165, 1.54) is 6.92 Å². The zero-order chi connectivity index (χ0) is 11.5. The lowest BCUT2D eigenvalue weighted by Gasteiger charge is -2.01. The lowest BCUT2D eigenvalue weighted by atomic mass is 10.2. The van der Waals surface area contributed by atoms with Gasteiger partial charge in [0.25, 0.3) is 0 Å². The maximum Gasteiger partial charge on any atom is 0.402 e. The summed E-state index contributed by atoms with van der Waals surface area (Å²) in [5.74, 6) is 0.374. The highest BCUT2D eigenvalue weighted by molar-refractivity contribution is 5.79. The maximum absolute atomic E-state index is 10.9. The van der Waals surface area contributed by atoms with E-state index in [0.29, 0.717) is 17.6 Å². The molecule has 1 aromatic heterocycles. The van der Waals surface area contributed by atoms with Crippen molar-refractivity contribution in [3.63, 3.8) is 0 Å². The van der Waals surface area contributed by atoms with Gasteiger partial charge in [-0.3, -0.25) is 9.42 Å². The SMILES string of the molecule is Cc1c(Oc2ccccc2C=O)no[n+]1[O-]. The van der Waals surface area contributed by atoms with Gasteiger partial charge in [-0.05, 0) is 17.0 Å². The number of aromatic nitrogens is 2. The molecule has 0 amide bonds. The van der Waals surface area contributed by atoms with E-state index in [1.807, 2.05) is 0 Å². The number of benzene rings is 1. The van der Waals surface area contributed by atoms with Crippen molar-refractivity contribution in [1.29, 1.82) is 0 Å². The molecule has 0 spiro atoms. The van der Waals surface area contributed by atoms with Crippen molar-refractivity contribution in [3.8, 4) is 11.6 Å². The van der Waals surface area contributed by atoms with E-state index in [-0.39, 0.29) is 16.5 Å². The first-order valence-electron chi connectivity index (χ1n) is 4.50. The zero-order valence-electron chi connectivity index (χ0n) is 8.41. The van der Waals surface area contributed by atoms with Gasteiger partial charge in [-0.2, -0.15) is 0 Å². The summed E-state index contributed by atoms with van der Waals surface area (Å²) in [6, 6.07) is 6.62. The van der Waals surface area contributed by atoms with Crippen LogP contribution in [0.2, 0.25) is 0 Å². The molecule has 82 valence electrons. The Morgan fingerprint density at radius 2 is 2.25 bits per heavy atom. The molecule has 16 heavy (non-hydrogen) atoms. The summed E-state index contributed by atoms with van der Waals surface area (Å²) in [5, 5.41) is 14.3. The predicted molar refractivity (Wildman–Crippen MR) is 52.1 cm³/mol. The third kappa shape index (κ3) is 1.72. The Kier molecular flexibility index (Phi) is 2.55. The summed E-state index contributed by atoms with van der Waals surface area (Å²) in [6.07, 6.45) is 0.663. The summed E-state index contributed by atoms with van der Waals surface area (Å²) in [6.45, 7) is 1.50. The van der Waals surface area contributed by atoms with E-state index in [0.717, 1.165) is 0 Å². The smallest absolute Gasteiger partial charge is 0.402 e. The van der Waals surface area contributed by atoms with Gasteiger partial charge in [-0.1, -0.05) is 12.1 Å². The van der Waals surface area contributed by atoms with Crippen LogP contribution >= 0.6 is 0 Å². The van der Waals surface area contributed by atoms with Crippen LogP contribution in [-0.2, 0) is 0 Å². The Balaban J connectivity index is 2.33. The first kappa shape index (κ1) is 10.2. The molecule has 0 bridgehead atoms. The number of ether oxygens (including phenoxy) is 1. The van der Waals surface area contributed by atoms with Crippen LogP contribution in [0.3, 0.4) is 0 Å². The van der Waals surface area contributed by atoms with E-state index < -0.39 is 0 Å². The van der Waals surface area contributed by atoms with Crippen LogP contribution in [0, 0.1) is 12.1 Å². The number of hydrogen-bond acceptors (Lipinski definition) is 5. The minimum Gasteiger partial charge on any atom is -0.415 e. The average molecular weight is 220 g/mol. The van der Waals surface area contributed by atoms with Crippen molar-refractivity contribution in [3.05, 3.63) is 40.7 Å². The number of para-hydroxylation sites is 1. The Hall–Kier alpha value is -2.37. The maximum atomic E-state index is 10.9. The van der Waals surface area contributed by atoms with Gasteiger partial charge in [0.1, 0.15) is 5.75 Å². The van der Waals surface area contributed by atoms with Crippen LogP contribution in [0.4, 0.5) is 0 Å². The zero-order valence-corrected chi connectivity index (χ0v) is 8.41. The van der Waals surface area contributed by atoms with Crippen molar-refractivity contribution in [2.45, 2.75) is 6.92 Å². The van der Waals surface area contributed by atoms with Gasteiger partial charge in [-0.15, -0.1) is 0 Å². The summed E-state index contributed by atoms with van der Waals surface area (Å²) < 4.78 is 9.63. The number of carbonyl (C=O) groups excluding carboxylic acids is 1. The van der Waals surface area contributed by atoms with Gasteiger partial charge in [0.2, 0.25) is 5.69 Å². The van der Waals surface area contributed by atoms with Crippen molar-refractivity contribution in [2.24, 2.45) is 0 Å². The van der Waals surface area contributed by atoms with E-state index in [4.69, 9.17) is 4.74 Å². The molecule has 0 aliphatic rings. The summed E-state index contributed by atoms with van der Waals surface area (Å²) in [4.78, 5) is 11.0. The minimum atomic E-state index is 0.0456. The topological polar surface area (TPSA) is 79.3 Å². The molecular weight excluding hydrogens is 212 g/mol. The molecule has 2 rings (SSSR count). The normalized spacial score (nSPS) is 10.1. The Labute approximate surface area is 90.6 Å². The number of rotatable bonds is 3. The quantitative estimate of drug-likeness (QED) is 0.574. The van der Waals surface area contributed by atoms with Gasteiger partial charge in [0, 0.05) is 6.92 Å². The molecule has 0 atom stereocenters. The van der Waals surface area contributed by atoms with Crippen molar-refractivity contribution >= 4 is 6.29 Å². The molecule has 0 aliphatic carbocycles. The fourth-order valence-electron chi connectivity index (χ4n) is 1.15. The lowest BCUT2D eigenvalue weighted by Crippen LogP contribution is -2.25. The van der Waals surface area contributed by atoms with Crippen molar-refractivity contribution in [2.75, 3.05) is 0 Å². The molecule has 2 aromatic rings. The molecule has 0 N–H and O–H groups in total. The number of hydrogen-bond donors (Lipinski definition) is 0. The van der Waals surface area contributed by atoms with Crippen LogP contribution in [-0.4, -0.2) is 11.4 Å². The molecule has 1 aromatic carbocycles. The minimum absolute atomic E-state index is 0.0456. The van der Waals surface area contributed by atoms with Gasteiger partial charge < -0.3 is 9.94 Å². The second kappa shape index (κ2) is 4.01. The van der Waals surface area contributed by atoms with Crippen LogP contribution in [0.5, 0.6) is 11.6 Å². The number of carbonyl (C=O) groups is 1. The Morgan fingerprint density at radius 3 is 2.88 bits per heavy atom. The van der Waals surface area contributed by atoms with Crippen LogP contribution in [0.25, 0.3) is 0 Å². The highest BCUT2D eigenvalue weighted by Crippen LogP contribution is 2.23. The standard InChI is InChI=1S/C10H8N2O4/c1-7-10(11-16-12(7)14)15-9-5-3-2-4-8(9)6-13/h2-6H,1H3. The van der Waals surface area contributed by atoms with Crippen LogP contribution < -0.4 is 9.64 Å². The second-order valence-electron chi connectivity index (χ2n) is 3.08. The third-order valence-corrected chi connectivity index (χ3v) is 2.03. The molecule has 0 unspecified atom stereocenters. The number of aldehydes is 1. The average Bonchev–Trinajstić information content (AvgIpc) is 2.62. The fourth-order valence-corrected chi connectivity index (χ4v) is 1.15. The van der Waals surface area contributed by atoms with E-state index in [2.05, 4.69) is 9.79 Å². The molecule has 6 nitrogen and oxygen atoms in total. The van der Waals surface area contributed by atoms with Gasteiger partial charge in [-0.25, -0.2) is 0 Å². The first-order chi connectivity index (χ1) is 7.72. The molecule has 0 aliphatic heterocycles. The molecular formula is C10H8N2O4. The van der Waals surface area contributed by atoms with Crippen LogP contribution in [0.1, 0.15) is 16.1 Å². The van der Waals surface area contributed by atoms with Gasteiger partial charge >= 0.3 is 5.88 Å². The Morgan fingerprint density at radius 1 is 1.50 bits per heavy atom. The highest BCUT2D eigenvalue weighted by atomic mass is 16.8. The van der Waals surface area contributed by atoms with Crippen molar-refractivity contribution < 1.29 is 19.1 Å². The van der Waals surface area contributed by atoms with Gasteiger partial charge in [0.05, 0.1) is 10.7 Å².